The highest BCUT2D eigenvalue weighted by atomic mass is 16.3. The zero-order valence-electron chi connectivity index (χ0n) is 11.1. The number of furan rings is 1. The number of carbonyl (C=O) groups is 1. The Bertz CT molecular complexity index is 518. The molecule has 6 nitrogen and oxygen atoms in total. The molecule has 2 aromatic heterocycles. The third-order valence-corrected chi connectivity index (χ3v) is 2.79. The number of amides is 1. The normalized spacial score (nSPS) is 12.3. The number of hydrogen-bond donors (Lipinski definition) is 2. The van der Waals surface area contributed by atoms with Gasteiger partial charge in [-0.15, -0.1) is 0 Å². The molecule has 0 aliphatic carbocycles. The molecule has 19 heavy (non-hydrogen) atoms. The molecule has 0 fully saturated rings. The lowest BCUT2D eigenvalue weighted by molar-refractivity contribution is -0.118. The highest BCUT2D eigenvalue weighted by Crippen LogP contribution is 2.20. The first kappa shape index (κ1) is 13.4. The van der Waals surface area contributed by atoms with Crippen molar-refractivity contribution in [1.29, 1.82) is 0 Å². The quantitative estimate of drug-likeness (QED) is 0.756. The first-order chi connectivity index (χ1) is 9.18. The SMILES string of the molecule is CC(=O)NCCNC(c1ccco1)c1nccn1C. The van der Waals surface area contributed by atoms with Crippen LogP contribution >= 0.6 is 0 Å². The molecule has 0 radical (unpaired) electrons. The first-order valence-corrected chi connectivity index (χ1v) is 6.17. The number of aromatic nitrogens is 2. The fourth-order valence-electron chi connectivity index (χ4n) is 1.88. The number of aryl methyl sites for hydroxylation is 1. The van der Waals surface area contributed by atoms with Crippen molar-refractivity contribution in [2.24, 2.45) is 7.05 Å². The van der Waals surface area contributed by atoms with Gasteiger partial charge in [0, 0.05) is 39.5 Å². The molecule has 2 heterocycles. The molecule has 1 amide bonds. The van der Waals surface area contributed by atoms with Crippen molar-refractivity contribution >= 4 is 5.91 Å². The summed E-state index contributed by atoms with van der Waals surface area (Å²) >= 11 is 0. The van der Waals surface area contributed by atoms with E-state index in [-0.39, 0.29) is 11.9 Å². The van der Waals surface area contributed by atoms with Crippen LogP contribution in [0.5, 0.6) is 0 Å². The van der Waals surface area contributed by atoms with Gasteiger partial charge in [-0.1, -0.05) is 0 Å². The van der Waals surface area contributed by atoms with E-state index in [0.29, 0.717) is 13.1 Å². The average molecular weight is 262 g/mol. The highest BCUT2D eigenvalue weighted by Gasteiger charge is 2.19. The van der Waals surface area contributed by atoms with Gasteiger partial charge in [-0.25, -0.2) is 4.98 Å². The predicted molar refractivity (Wildman–Crippen MR) is 70.4 cm³/mol. The van der Waals surface area contributed by atoms with Crippen LogP contribution in [0.1, 0.15) is 24.6 Å². The lowest BCUT2D eigenvalue weighted by atomic mass is 10.2. The molecule has 0 saturated heterocycles. The number of rotatable bonds is 6. The molecule has 0 aliphatic heterocycles. The Morgan fingerprint density at radius 2 is 2.37 bits per heavy atom. The van der Waals surface area contributed by atoms with Crippen LogP contribution < -0.4 is 10.6 Å². The summed E-state index contributed by atoms with van der Waals surface area (Å²) < 4.78 is 7.39. The van der Waals surface area contributed by atoms with E-state index >= 15 is 0 Å². The van der Waals surface area contributed by atoms with Crippen LogP contribution in [0.15, 0.2) is 35.2 Å². The molecule has 2 N–H and O–H groups in total. The van der Waals surface area contributed by atoms with Gasteiger partial charge in [-0.05, 0) is 12.1 Å². The molecular weight excluding hydrogens is 244 g/mol. The smallest absolute Gasteiger partial charge is 0.216 e. The molecule has 6 heteroatoms. The van der Waals surface area contributed by atoms with Crippen LogP contribution in [-0.4, -0.2) is 28.5 Å². The van der Waals surface area contributed by atoms with Crippen molar-refractivity contribution in [2.45, 2.75) is 13.0 Å². The Morgan fingerprint density at radius 1 is 1.53 bits per heavy atom. The van der Waals surface area contributed by atoms with Crippen LogP contribution in [0.25, 0.3) is 0 Å². The Labute approximate surface area is 111 Å². The molecule has 1 atom stereocenters. The predicted octanol–water partition coefficient (Wildman–Crippen LogP) is 0.828. The molecule has 2 aromatic rings. The maximum absolute atomic E-state index is 10.8. The second-order valence-electron chi connectivity index (χ2n) is 4.28. The molecule has 0 spiro atoms. The van der Waals surface area contributed by atoms with E-state index in [1.165, 1.54) is 6.92 Å². The minimum absolute atomic E-state index is 0.0339. The lowest BCUT2D eigenvalue weighted by Gasteiger charge is -2.16. The summed E-state index contributed by atoms with van der Waals surface area (Å²) in [7, 11) is 1.94. The zero-order chi connectivity index (χ0) is 13.7. The van der Waals surface area contributed by atoms with Gasteiger partial charge in [0.1, 0.15) is 17.6 Å². The molecule has 0 aromatic carbocycles. The number of imidazole rings is 1. The fourth-order valence-corrected chi connectivity index (χ4v) is 1.88. The third-order valence-electron chi connectivity index (χ3n) is 2.79. The standard InChI is InChI=1S/C13H18N4O2/c1-10(18)14-5-6-15-12(11-4-3-9-19-11)13-16-7-8-17(13)2/h3-4,7-9,12,15H,5-6H2,1-2H3,(H,14,18). The van der Waals surface area contributed by atoms with Gasteiger partial charge in [0.15, 0.2) is 0 Å². The summed E-state index contributed by atoms with van der Waals surface area (Å²) in [5.74, 6) is 1.64. The van der Waals surface area contributed by atoms with Gasteiger partial charge in [0.2, 0.25) is 5.91 Å². The minimum Gasteiger partial charge on any atom is -0.467 e. The largest absolute Gasteiger partial charge is 0.467 e. The Kier molecular flexibility index (Phi) is 4.35. The summed E-state index contributed by atoms with van der Waals surface area (Å²) in [6.45, 7) is 2.71. The van der Waals surface area contributed by atoms with Gasteiger partial charge in [0.25, 0.3) is 0 Å². The lowest BCUT2D eigenvalue weighted by Crippen LogP contribution is -2.33. The maximum atomic E-state index is 10.8. The molecule has 0 bridgehead atoms. The molecule has 0 aliphatic rings. The summed E-state index contributed by atoms with van der Waals surface area (Å²) in [4.78, 5) is 15.2. The molecule has 1 unspecified atom stereocenters. The Hall–Kier alpha value is -2.08. The van der Waals surface area contributed by atoms with Crippen LogP contribution in [0.2, 0.25) is 0 Å². The number of nitrogens with zero attached hydrogens (tertiary/aromatic N) is 2. The highest BCUT2D eigenvalue weighted by molar-refractivity contribution is 5.72. The number of nitrogens with one attached hydrogen (secondary N) is 2. The summed E-state index contributed by atoms with van der Waals surface area (Å²) in [5.41, 5.74) is 0. The summed E-state index contributed by atoms with van der Waals surface area (Å²) in [6, 6.07) is 3.63. The molecule has 0 saturated carbocycles. The maximum Gasteiger partial charge on any atom is 0.216 e. The Morgan fingerprint density at radius 3 is 2.95 bits per heavy atom. The van der Waals surface area contributed by atoms with Crippen molar-refractivity contribution in [1.82, 2.24) is 20.2 Å². The summed E-state index contributed by atoms with van der Waals surface area (Å²) in [6.07, 6.45) is 5.28. The van der Waals surface area contributed by atoms with Gasteiger partial charge < -0.3 is 14.3 Å². The van der Waals surface area contributed by atoms with E-state index in [4.69, 9.17) is 4.42 Å². The van der Waals surface area contributed by atoms with Gasteiger partial charge >= 0.3 is 0 Å². The fraction of sp³-hybridized carbons (Fsp3) is 0.385. The van der Waals surface area contributed by atoms with Crippen molar-refractivity contribution in [3.05, 3.63) is 42.4 Å². The molecule has 102 valence electrons. The van der Waals surface area contributed by atoms with Gasteiger partial charge in [0.05, 0.1) is 6.26 Å². The first-order valence-electron chi connectivity index (χ1n) is 6.17. The van der Waals surface area contributed by atoms with Crippen LogP contribution in [0.4, 0.5) is 0 Å². The Balaban J connectivity index is 2.04. The van der Waals surface area contributed by atoms with E-state index in [1.807, 2.05) is 29.9 Å². The van der Waals surface area contributed by atoms with E-state index in [0.717, 1.165) is 11.6 Å². The minimum atomic E-state index is -0.122. The van der Waals surface area contributed by atoms with E-state index in [9.17, 15) is 4.79 Å². The molecular formula is C13H18N4O2. The number of hydrogen-bond acceptors (Lipinski definition) is 4. The van der Waals surface area contributed by atoms with E-state index < -0.39 is 0 Å². The van der Waals surface area contributed by atoms with Crippen molar-refractivity contribution in [2.75, 3.05) is 13.1 Å². The summed E-state index contributed by atoms with van der Waals surface area (Å²) in [5, 5.41) is 6.08. The molecule has 2 rings (SSSR count). The van der Waals surface area contributed by atoms with Crippen LogP contribution in [0.3, 0.4) is 0 Å². The van der Waals surface area contributed by atoms with E-state index in [1.54, 1.807) is 12.5 Å². The second-order valence-corrected chi connectivity index (χ2v) is 4.28. The third kappa shape index (κ3) is 3.45. The van der Waals surface area contributed by atoms with Gasteiger partial charge in [-0.2, -0.15) is 0 Å². The monoisotopic (exact) mass is 262 g/mol. The van der Waals surface area contributed by atoms with Crippen molar-refractivity contribution in [3.63, 3.8) is 0 Å². The van der Waals surface area contributed by atoms with Crippen molar-refractivity contribution < 1.29 is 9.21 Å². The van der Waals surface area contributed by atoms with Gasteiger partial charge in [-0.3, -0.25) is 10.1 Å². The van der Waals surface area contributed by atoms with Crippen LogP contribution in [-0.2, 0) is 11.8 Å². The second kappa shape index (κ2) is 6.19. The average Bonchev–Trinajstić information content (AvgIpc) is 3.01. The number of carbonyl (C=O) groups excluding carboxylic acids is 1. The topological polar surface area (TPSA) is 72.1 Å². The van der Waals surface area contributed by atoms with E-state index in [2.05, 4.69) is 15.6 Å². The van der Waals surface area contributed by atoms with Crippen LogP contribution in [0, 0.1) is 0 Å². The zero-order valence-corrected chi connectivity index (χ0v) is 11.1. The van der Waals surface area contributed by atoms with Crippen molar-refractivity contribution in [3.8, 4) is 0 Å².